The second-order valence-corrected chi connectivity index (χ2v) is 5.15. The number of hydrogen-bond acceptors (Lipinski definition) is 6. The summed E-state index contributed by atoms with van der Waals surface area (Å²) in [7, 11) is 1.57. The molecule has 0 amide bonds. The maximum atomic E-state index is 13.2. The lowest BCUT2D eigenvalue weighted by Gasteiger charge is -2.36. The first-order valence-corrected chi connectivity index (χ1v) is 7.28. The van der Waals surface area contributed by atoms with Crippen molar-refractivity contribution < 1.29 is 9.13 Å². The fourth-order valence-corrected chi connectivity index (χ4v) is 2.62. The van der Waals surface area contributed by atoms with Crippen molar-refractivity contribution in [2.75, 3.05) is 43.1 Å². The van der Waals surface area contributed by atoms with Gasteiger partial charge in [0.15, 0.2) is 0 Å². The van der Waals surface area contributed by atoms with Crippen LogP contribution < -0.4 is 14.5 Å². The molecule has 1 aliphatic heterocycles. The predicted molar refractivity (Wildman–Crippen MR) is 84.1 cm³/mol. The number of ether oxygens (including phenoxy) is 1. The van der Waals surface area contributed by atoms with E-state index >= 15 is 0 Å². The number of benzene rings is 1. The van der Waals surface area contributed by atoms with Gasteiger partial charge in [0.2, 0.25) is 11.8 Å². The standard InChI is InChI=1S/C16H16FN5O/c1-23-15-4-5-19-16(20-15)22-8-6-21(7-9-22)14-3-2-13(17)10-12(14)11-18/h2-5,10H,6-9H2,1H3. The first-order chi connectivity index (χ1) is 11.2. The first-order valence-electron chi connectivity index (χ1n) is 7.28. The molecule has 1 aromatic heterocycles. The van der Waals surface area contributed by atoms with Crippen LogP contribution in [-0.4, -0.2) is 43.3 Å². The maximum Gasteiger partial charge on any atom is 0.228 e. The molecular formula is C16H16FN5O. The number of rotatable bonds is 3. The monoisotopic (exact) mass is 313 g/mol. The van der Waals surface area contributed by atoms with Gasteiger partial charge in [-0.15, -0.1) is 0 Å². The van der Waals surface area contributed by atoms with E-state index in [1.54, 1.807) is 25.4 Å². The molecule has 1 aliphatic rings. The van der Waals surface area contributed by atoms with E-state index in [1.807, 2.05) is 0 Å². The van der Waals surface area contributed by atoms with Gasteiger partial charge in [-0.05, 0) is 18.2 Å². The highest BCUT2D eigenvalue weighted by atomic mass is 19.1. The van der Waals surface area contributed by atoms with E-state index in [2.05, 4.69) is 25.8 Å². The minimum Gasteiger partial charge on any atom is -0.481 e. The van der Waals surface area contributed by atoms with Crippen LogP contribution in [0.2, 0.25) is 0 Å². The van der Waals surface area contributed by atoms with Crippen LogP contribution >= 0.6 is 0 Å². The van der Waals surface area contributed by atoms with Gasteiger partial charge in [0, 0.05) is 38.4 Å². The minimum absolute atomic E-state index is 0.357. The van der Waals surface area contributed by atoms with E-state index in [4.69, 9.17) is 4.74 Å². The summed E-state index contributed by atoms with van der Waals surface area (Å²) in [5.41, 5.74) is 1.12. The minimum atomic E-state index is -0.395. The zero-order valence-electron chi connectivity index (χ0n) is 12.7. The first kappa shape index (κ1) is 15.0. The summed E-state index contributed by atoms with van der Waals surface area (Å²) in [4.78, 5) is 12.7. The lowest BCUT2D eigenvalue weighted by molar-refractivity contribution is 0.396. The molecule has 1 saturated heterocycles. The Balaban J connectivity index is 1.72. The molecule has 23 heavy (non-hydrogen) atoms. The third-order valence-corrected chi connectivity index (χ3v) is 3.81. The largest absolute Gasteiger partial charge is 0.481 e. The summed E-state index contributed by atoms with van der Waals surface area (Å²) in [5, 5.41) is 9.17. The van der Waals surface area contributed by atoms with E-state index in [0.29, 0.717) is 30.5 Å². The fraction of sp³-hybridized carbons (Fsp3) is 0.312. The smallest absolute Gasteiger partial charge is 0.228 e. The molecule has 0 bridgehead atoms. The second-order valence-electron chi connectivity index (χ2n) is 5.15. The van der Waals surface area contributed by atoms with Gasteiger partial charge in [0.1, 0.15) is 11.9 Å². The molecule has 0 spiro atoms. The number of methoxy groups -OCH3 is 1. The molecule has 6 nitrogen and oxygen atoms in total. The lowest BCUT2D eigenvalue weighted by atomic mass is 10.1. The van der Waals surface area contributed by atoms with Crippen molar-refractivity contribution in [1.29, 1.82) is 5.26 Å². The molecule has 2 aromatic rings. The number of piperazine rings is 1. The maximum absolute atomic E-state index is 13.2. The van der Waals surface area contributed by atoms with E-state index < -0.39 is 5.82 Å². The summed E-state index contributed by atoms with van der Waals surface area (Å²) in [6.45, 7) is 2.85. The molecule has 1 fully saturated rings. The van der Waals surface area contributed by atoms with Gasteiger partial charge in [0.05, 0.1) is 18.4 Å². The average molecular weight is 313 g/mol. The molecule has 1 aromatic carbocycles. The highest BCUT2D eigenvalue weighted by Crippen LogP contribution is 2.23. The van der Waals surface area contributed by atoms with Crippen molar-refractivity contribution in [1.82, 2.24) is 9.97 Å². The third kappa shape index (κ3) is 3.16. The summed E-state index contributed by atoms with van der Waals surface area (Å²) in [6, 6.07) is 8.07. The molecule has 118 valence electrons. The van der Waals surface area contributed by atoms with Gasteiger partial charge in [-0.3, -0.25) is 0 Å². The number of aromatic nitrogens is 2. The number of anilines is 2. The highest BCUT2D eigenvalue weighted by molar-refractivity contribution is 5.60. The van der Waals surface area contributed by atoms with E-state index in [9.17, 15) is 9.65 Å². The zero-order chi connectivity index (χ0) is 16.2. The average Bonchev–Trinajstić information content (AvgIpc) is 2.62. The Morgan fingerprint density at radius 1 is 1.17 bits per heavy atom. The molecule has 0 radical (unpaired) electrons. The van der Waals surface area contributed by atoms with Gasteiger partial charge >= 0.3 is 0 Å². The van der Waals surface area contributed by atoms with Gasteiger partial charge < -0.3 is 14.5 Å². The Labute approximate surface area is 133 Å². The zero-order valence-corrected chi connectivity index (χ0v) is 12.7. The van der Waals surface area contributed by atoms with Gasteiger partial charge in [-0.1, -0.05) is 0 Å². The van der Waals surface area contributed by atoms with Gasteiger partial charge in [0.25, 0.3) is 0 Å². The van der Waals surface area contributed by atoms with Crippen LogP contribution in [0.3, 0.4) is 0 Å². The lowest BCUT2D eigenvalue weighted by Crippen LogP contribution is -2.47. The number of nitriles is 1. The van der Waals surface area contributed by atoms with Crippen molar-refractivity contribution in [2.24, 2.45) is 0 Å². The van der Waals surface area contributed by atoms with Crippen LogP contribution in [0.5, 0.6) is 5.88 Å². The molecule has 7 heteroatoms. The number of halogens is 1. The highest BCUT2D eigenvalue weighted by Gasteiger charge is 2.21. The SMILES string of the molecule is COc1ccnc(N2CCN(c3ccc(F)cc3C#N)CC2)n1. The van der Waals surface area contributed by atoms with Crippen molar-refractivity contribution in [3.05, 3.63) is 41.8 Å². The Morgan fingerprint density at radius 3 is 2.61 bits per heavy atom. The molecule has 0 aliphatic carbocycles. The van der Waals surface area contributed by atoms with Crippen LogP contribution in [0.4, 0.5) is 16.0 Å². The van der Waals surface area contributed by atoms with E-state index in [1.165, 1.54) is 12.1 Å². The molecule has 2 heterocycles. The van der Waals surface area contributed by atoms with Crippen molar-refractivity contribution in [3.8, 4) is 11.9 Å². The summed E-state index contributed by atoms with van der Waals surface area (Å²) in [5.74, 6) is 0.764. The molecule has 3 rings (SSSR count). The topological polar surface area (TPSA) is 65.3 Å². The van der Waals surface area contributed by atoms with Crippen molar-refractivity contribution >= 4 is 11.6 Å². The predicted octanol–water partition coefficient (Wildman–Crippen LogP) is 1.82. The fourth-order valence-electron chi connectivity index (χ4n) is 2.62. The van der Waals surface area contributed by atoms with Crippen LogP contribution in [0.1, 0.15) is 5.56 Å². The Morgan fingerprint density at radius 2 is 1.91 bits per heavy atom. The quantitative estimate of drug-likeness (QED) is 0.861. The van der Waals surface area contributed by atoms with Gasteiger partial charge in [-0.2, -0.15) is 10.2 Å². The van der Waals surface area contributed by atoms with Crippen LogP contribution in [0.15, 0.2) is 30.5 Å². The van der Waals surface area contributed by atoms with Crippen LogP contribution in [-0.2, 0) is 0 Å². The second kappa shape index (κ2) is 6.48. The van der Waals surface area contributed by atoms with Crippen LogP contribution in [0, 0.1) is 17.1 Å². The number of hydrogen-bond donors (Lipinski definition) is 0. The van der Waals surface area contributed by atoms with E-state index in [-0.39, 0.29) is 0 Å². The Bertz CT molecular complexity index is 737. The molecule has 0 atom stereocenters. The molecule has 0 N–H and O–H groups in total. The van der Waals surface area contributed by atoms with Crippen LogP contribution in [0.25, 0.3) is 0 Å². The Hall–Kier alpha value is -2.88. The molecule has 0 unspecified atom stereocenters. The summed E-state index contributed by atoms with van der Waals surface area (Å²) in [6.07, 6.45) is 1.67. The number of nitrogens with zero attached hydrogens (tertiary/aromatic N) is 5. The molecular weight excluding hydrogens is 297 g/mol. The van der Waals surface area contributed by atoms with E-state index in [0.717, 1.165) is 18.8 Å². The van der Waals surface area contributed by atoms with Crippen molar-refractivity contribution in [2.45, 2.75) is 0 Å². The normalized spacial score (nSPS) is 14.5. The summed E-state index contributed by atoms with van der Waals surface area (Å²) < 4.78 is 18.4. The summed E-state index contributed by atoms with van der Waals surface area (Å²) >= 11 is 0. The van der Waals surface area contributed by atoms with Crippen molar-refractivity contribution in [3.63, 3.8) is 0 Å². The van der Waals surface area contributed by atoms with Gasteiger partial charge in [-0.25, -0.2) is 9.37 Å². The molecule has 0 saturated carbocycles. The third-order valence-electron chi connectivity index (χ3n) is 3.81. The Kier molecular flexibility index (Phi) is 4.24.